The van der Waals surface area contributed by atoms with Crippen molar-refractivity contribution in [2.24, 2.45) is 5.92 Å². The lowest BCUT2D eigenvalue weighted by molar-refractivity contribution is -0.0615. The summed E-state index contributed by atoms with van der Waals surface area (Å²) in [6, 6.07) is 30.7. The molecule has 3 atom stereocenters. The quantitative estimate of drug-likeness (QED) is 0.0453. The highest BCUT2D eigenvalue weighted by molar-refractivity contribution is 5.92. The fourth-order valence-electron chi connectivity index (χ4n) is 13.4. The number of carbonyl (C=O) groups excluding carboxylic acids is 1. The maximum absolute atomic E-state index is 12.5. The molecule has 0 aromatic carbocycles. The Balaban J connectivity index is 0.000000139. The third kappa shape index (κ3) is 23.7. The maximum Gasteiger partial charge on any atom is 0.272 e. The fraction of sp³-hybridized carbons (Fsp3) is 0.371. The van der Waals surface area contributed by atoms with Crippen LogP contribution < -0.4 is 34.9 Å². The Morgan fingerprint density at radius 2 is 0.917 bits per heavy atom. The molecule has 630 valence electrons. The summed E-state index contributed by atoms with van der Waals surface area (Å²) in [6.45, 7) is 39.7. The normalized spacial score (nSPS) is 16.3. The Kier molecular flexibility index (Phi) is 29.1. The molecule has 0 saturated carbocycles. The van der Waals surface area contributed by atoms with E-state index in [1.807, 2.05) is 135 Å². The average Bonchev–Trinajstić information content (AvgIpc) is 1.70. The molecule has 12 aromatic heterocycles. The van der Waals surface area contributed by atoms with Crippen LogP contribution in [0.15, 0.2) is 172 Å². The summed E-state index contributed by atoms with van der Waals surface area (Å²) in [6.07, 6.45) is 14.9. The monoisotopic (exact) mass is 1640 g/mol. The van der Waals surface area contributed by atoms with Gasteiger partial charge in [-0.15, -0.1) is 30.6 Å². The number of carbonyl (C=O) groups is 1. The Labute approximate surface area is 701 Å². The highest BCUT2D eigenvalue weighted by Crippen LogP contribution is 2.32. The van der Waals surface area contributed by atoms with Crippen molar-refractivity contribution in [2.45, 2.75) is 151 Å². The average molecular weight is 1640 g/mol. The van der Waals surface area contributed by atoms with Gasteiger partial charge in [0.15, 0.2) is 5.69 Å². The third-order valence-electron chi connectivity index (χ3n) is 20.7. The summed E-state index contributed by atoms with van der Waals surface area (Å²) in [5.41, 5.74) is 18.3. The van der Waals surface area contributed by atoms with Crippen molar-refractivity contribution in [3.8, 4) is 68.5 Å². The zero-order chi connectivity index (χ0) is 84.8. The number of pyridine rings is 5. The Morgan fingerprint density at radius 3 is 1.38 bits per heavy atom. The largest absolute Gasteiger partial charge is 0.473 e. The van der Waals surface area contributed by atoms with E-state index in [0.29, 0.717) is 96.6 Å². The van der Waals surface area contributed by atoms with Gasteiger partial charge in [0, 0.05) is 169 Å². The first-order valence-electron chi connectivity index (χ1n) is 40.2. The zero-order valence-electron chi connectivity index (χ0n) is 69.8. The first-order chi connectivity index (χ1) is 58.6. The third-order valence-corrected chi connectivity index (χ3v) is 20.7. The molecule has 121 heavy (non-hydrogen) atoms. The zero-order valence-corrected chi connectivity index (χ0v) is 69.8. The van der Waals surface area contributed by atoms with Crippen LogP contribution in [0.25, 0.3) is 62.1 Å². The highest BCUT2D eigenvalue weighted by atomic mass is 16.5. The van der Waals surface area contributed by atoms with Crippen LogP contribution in [0.4, 0.5) is 0 Å². The van der Waals surface area contributed by atoms with Gasteiger partial charge in [-0.3, -0.25) is 24.7 Å². The topological polar surface area (TPSA) is 376 Å². The van der Waals surface area contributed by atoms with E-state index in [9.17, 15) is 4.79 Å². The van der Waals surface area contributed by atoms with Gasteiger partial charge in [0.2, 0.25) is 23.5 Å². The summed E-state index contributed by atoms with van der Waals surface area (Å²) < 4.78 is 66.5. The molecule has 0 spiro atoms. The van der Waals surface area contributed by atoms with Crippen LogP contribution in [0.5, 0.6) is 23.5 Å². The molecule has 1 amide bonds. The molecule has 32 heteroatoms. The predicted octanol–water partition coefficient (Wildman–Crippen LogP) is 13.9. The number of nitrogens with zero attached hydrogens (tertiary/aromatic N) is 16. The molecule has 4 saturated heterocycles. The molecular formula is C89H101N19O13. The van der Waals surface area contributed by atoms with Crippen LogP contribution >= 0.6 is 0 Å². The van der Waals surface area contributed by atoms with Gasteiger partial charge in [-0.2, -0.15) is 0 Å². The van der Waals surface area contributed by atoms with E-state index in [1.165, 1.54) is 0 Å². The lowest BCUT2D eigenvalue weighted by Crippen LogP contribution is -2.46. The number of hydrogen-bond donors (Lipinski definition) is 3. The first-order valence-corrected chi connectivity index (χ1v) is 40.2. The number of aryl methyl sites for hydroxylation is 7. The molecule has 16 rings (SSSR count). The number of morpholine rings is 1. The molecule has 16 heterocycles. The fourth-order valence-corrected chi connectivity index (χ4v) is 13.4. The minimum atomic E-state index is -0.254. The van der Waals surface area contributed by atoms with Gasteiger partial charge in [0.1, 0.15) is 84.1 Å². The summed E-state index contributed by atoms with van der Waals surface area (Å²) >= 11 is 0. The van der Waals surface area contributed by atoms with E-state index in [4.69, 9.17) is 56.0 Å². The van der Waals surface area contributed by atoms with Crippen LogP contribution in [0.3, 0.4) is 0 Å². The number of amides is 1. The van der Waals surface area contributed by atoms with E-state index < -0.39 is 0 Å². The number of aromatic nitrogens is 15. The van der Waals surface area contributed by atoms with Gasteiger partial charge in [-0.05, 0) is 173 Å². The molecule has 3 N–H and O–H groups in total. The van der Waals surface area contributed by atoms with Gasteiger partial charge in [0.25, 0.3) is 5.91 Å². The second-order valence-corrected chi connectivity index (χ2v) is 30.3. The van der Waals surface area contributed by atoms with Gasteiger partial charge < -0.3 is 76.8 Å². The summed E-state index contributed by atoms with van der Waals surface area (Å²) in [7, 11) is 0. The van der Waals surface area contributed by atoms with Crippen LogP contribution in [0, 0.1) is 54.4 Å². The lowest BCUT2D eigenvalue weighted by Gasteiger charge is -2.35. The molecule has 12 aromatic rings. The highest BCUT2D eigenvalue weighted by Gasteiger charge is 2.31. The van der Waals surface area contributed by atoms with Gasteiger partial charge >= 0.3 is 0 Å². The standard InChI is InChI=1S/C23H27N5O4.C23H27N5O3.C22H24N4O3.C21H23N5O3/c1-14-5-6-16(12-24-14)21-18(15(2)32-28-21)13-30-20-8-7-19(26-27-20)22(29)25-17-9-10-31-23(3,4)11-17;1-14-12-29-10-9-20(14)25-16(3)21-7-8-22(27-26-21)30-13-19-17(4)31-28-23(19)18-6-5-15(2)24-11-18;1-15-3-4-18(12-23-15)22-19(14-29-26-22)13-28-21-6-5-17(11-24-21)16(2)25-20-7-9-27-10-8-20;1-14-4-5-17(12-22-14)21-18(16(3)29-25-21)13-28-20-7-6-19(23-24-20)15(2)26-8-10-27-11-9-26/h5-8,12,17H,9-11,13H2,1-4H3,(H,25,29);5-8,11,14,20,25H,3,9-10,12-13H2,1-2,4H3;3-6,11-12,14,20,25H,2,7-10,13H2,1H3;4-7,12H,2,8-11,13H2,1,3H3/t;14-,20+;;/m.0../s1. The van der Waals surface area contributed by atoms with Crippen molar-refractivity contribution in [3.05, 3.63) is 239 Å². The maximum atomic E-state index is 12.5. The molecular weight excluding hydrogens is 1540 g/mol. The summed E-state index contributed by atoms with van der Waals surface area (Å²) in [5.74, 6) is 3.91. The number of nitrogens with one attached hydrogen (secondary N) is 3. The molecule has 0 bridgehead atoms. The minimum Gasteiger partial charge on any atom is -0.473 e. The van der Waals surface area contributed by atoms with E-state index in [-0.39, 0.29) is 43.1 Å². The van der Waals surface area contributed by atoms with Crippen molar-refractivity contribution < 1.29 is 60.8 Å². The smallest absolute Gasteiger partial charge is 0.272 e. The summed E-state index contributed by atoms with van der Waals surface area (Å²) in [5, 5.41) is 51.4. The molecule has 4 aliphatic rings. The van der Waals surface area contributed by atoms with Crippen molar-refractivity contribution >= 4 is 23.0 Å². The predicted molar refractivity (Wildman–Crippen MR) is 448 cm³/mol. The molecule has 1 unspecified atom stereocenters. The van der Waals surface area contributed by atoms with Crippen LogP contribution in [-0.4, -0.2) is 170 Å². The number of hydrogen-bond acceptors (Lipinski definition) is 31. The Morgan fingerprint density at radius 1 is 0.455 bits per heavy atom. The van der Waals surface area contributed by atoms with Crippen LogP contribution in [0.2, 0.25) is 0 Å². The second-order valence-electron chi connectivity index (χ2n) is 30.3. The lowest BCUT2D eigenvalue weighted by atomic mass is 9.94. The summed E-state index contributed by atoms with van der Waals surface area (Å²) in [4.78, 5) is 36.3. The van der Waals surface area contributed by atoms with Gasteiger partial charge in [-0.25, -0.2) is 4.98 Å². The van der Waals surface area contributed by atoms with Crippen LogP contribution in [-0.2, 0) is 45.4 Å². The van der Waals surface area contributed by atoms with Crippen LogP contribution in [0.1, 0.15) is 143 Å². The first kappa shape index (κ1) is 85.8. The minimum absolute atomic E-state index is 0.0511. The van der Waals surface area contributed by atoms with Crippen molar-refractivity contribution in [1.82, 2.24) is 97.0 Å². The van der Waals surface area contributed by atoms with Gasteiger partial charge in [-0.1, -0.05) is 47.3 Å². The molecule has 32 nitrogen and oxygen atoms in total. The number of ether oxygens (including phenoxy) is 8. The Bertz CT molecular complexity index is 5360. The molecule has 0 radical (unpaired) electrons. The molecule has 4 aliphatic heterocycles. The number of rotatable bonds is 26. The van der Waals surface area contributed by atoms with Crippen molar-refractivity contribution in [1.29, 1.82) is 0 Å². The molecule has 4 fully saturated rings. The second kappa shape index (κ2) is 41.1. The SMILES string of the molecule is C=C(NC1CCOCC1)c1ccc(OCc2conc2-c2ccc(C)nc2)nc1.C=C(N[C@@H]1CCOC[C@@H]1C)c1ccc(OCc2c(-c3ccc(C)nc3)noc2C)nn1.C=C(c1ccc(OCc2c(-c3ccc(C)nc3)noc2C)nn1)N1CCOCC1.Cc1ccc(-c2noc(C)c2COc2ccc(C(=O)NC3CCOC(C)(C)C3)nn2)cn1. The van der Waals surface area contributed by atoms with Gasteiger partial charge in [0.05, 0.1) is 59.1 Å². The van der Waals surface area contributed by atoms with E-state index in [1.54, 1.807) is 61.5 Å². The molecule has 0 aliphatic carbocycles. The van der Waals surface area contributed by atoms with E-state index >= 15 is 0 Å². The van der Waals surface area contributed by atoms with Crippen molar-refractivity contribution in [2.75, 3.05) is 59.3 Å². The van der Waals surface area contributed by atoms with E-state index in [0.717, 1.165) is 184 Å². The Hall–Kier alpha value is -13.0. The van der Waals surface area contributed by atoms with Crippen molar-refractivity contribution in [3.63, 3.8) is 0 Å². The van der Waals surface area contributed by atoms with E-state index in [2.05, 4.69) is 124 Å².